The predicted octanol–water partition coefficient (Wildman–Crippen LogP) is 6.66. The molecule has 0 fully saturated rings. The molecule has 3 aromatic rings. The second-order valence-electron chi connectivity index (χ2n) is 8.30. The van der Waals surface area contributed by atoms with E-state index in [2.05, 4.69) is 29.6 Å². The maximum Gasteiger partial charge on any atom is 0.269 e. The number of hydrogen-bond donors (Lipinski definition) is 1. The Kier molecular flexibility index (Phi) is 5.68. The van der Waals surface area contributed by atoms with Crippen LogP contribution in [0.2, 0.25) is 5.02 Å². The monoisotopic (exact) mass is 462 g/mol. The highest BCUT2D eigenvalue weighted by molar-refractivity contribution is 6.32. The molecule has 1 N–H and O–H groups in total. The van der Waals surface area contributed by atoms with Gasteiger partial charge in [0.15, 0.2) is 0 Å². The molecule has 0 bridgehead atoms. The van der Waals surface area contributed by atoms with Crippen molar-refractivity contribution in [1.29, 1.82) is 0 Å². The van der Waals surface area contributed by atoms with Crippen molar-refractivity contribution in [2.24, 2.45) is 5.92 Å². The van der Waals surface area contributed by atoms with E-state index >= 15 is 0 Å². The van der Waals surface area contributed by atoms with Crippen LogP contribution in [0.5, 0.6) is 11.5 Å². The maximum atomic E-state index is 10.8. The van der Waals surface area contributed by atoms with Gasteiger partial charge in [0.1, 0.15) is 18.1 Å². The van der Waals surface area contributed by atoms with Crippen LogP contribution in [0.3, 0.4) is 0 Å². The van der Waals surface area contributed by atoms with Gasteiger partial charge in [-0.2, -0.15) is 0 Å². The van der Waals surface area contributed by atoms with Crippen LogP contribution < -0.4 is 14.8 Å². The summed E-state index contributed by atoms with van der Waals surface area (Å²) in [7, 11) is 1.67. The number of methoxy groups -OCH3 is 1. The number of hydrogen-bond acceptors (Lipinski definition) is 5. The van der Waals surface area contributed by atoms with Gasteiger partial charge in [-0.1, -0.05) is 35.9 Å². The van der Waals surface area contributed by atoms with Gasteiger partial charge in [0, 0.05) is 28.6 Å². The summed E-state index contributed by atoms with van der Waals surface area (Å²) < 4.78 is 11.5. The van der Waals surface area contributed by atoms with Crippen LogP contribution in [0.25, 0.3) is 0 Å². The first-order chi connectivity index (χ1) is 16.0. The summed E-state index contributed by atoms with van der Waals surface area (Å²) in [6.45, 7) is 0.344. The second-order valence-corrected chi connectivity index (χ2v) is 8.70. The van der Waals surface area contributed by atoms with Crippen molar-refractivity contribution >= 4 is 23.0 Å². The summed E-state index contributed by atoms with van der Waals surface area (Å²) in [6.07, 6.45) is 5.47. The number of anilines is 1. The molecule has 3 aromatic carbocycles. The molecule has 1 heterocycles. The zero-order valence-electron chi connectivity index (χ0n) is 18.0. The Morgan fingerprint density at radius 3 is 2.55 bits per heavy atom. The molecule has 0 amide bonds. The lowest BCUT2D eigenvalue weighted by Gasteiger charge is -2.38. The van der Waals surface area contributed by atoms with Crippen molar-refractivity contribution in [3.05, 3.63) is 105 Å². The van der Waals surface area contributed by atoms with Gasteiger partial charge in [-0.25, -0.2) is 0 Å². The van der Waals surface area contributed by atoms with Gasteiger partial charge >= 0.3 is 0 Å². The topological polar surface area (TPSA) is 73.6 Å². The minimum Gasteiger partial charge on any atom is -0.495 e. The van der Waals surface area contributed by atoms with Gasteiger partial charge in [0.05, 0.1) is 23.8 Å². The number of nitrogens with zero attached hydrogens (tertiary/aromatic N) is 1. The third-order valence-electron chi connectivity index (χ3n) is 6.44. The summed E-state index contributed by atoms with van der Waals surface area (Å²) in [4.78, 5) is 10.4. The molecular weight excluding hydrogens is 440 g/mol. The van der Waals surface area contributed by atoms with Gasteiger partial charge < -0.3 is 14.8 Å². The van der Waals surface area contributed by atoms with Crippen molar-refractivity contribution in [2.45, 2.75) is 25.0 Å². The molecule has 5 rings (SSSR count). The molecule has 1 aliphatic carbocycles. The van der Waals surface area contributed by atoms with Crippen LogP contribution >= 0.6 is 11.6 Å². The third kappa shape index (κ3) is 4.02. The fourth-order valence-corrected chi connectivity index (χ4v) is 5.07. The van der Waals surface area contributed by atoms with Crippen LogP contribution in [0.4, 0.5) is 11.4 Å². The Hall–Kier alpha value is -3.51. The van der Waals surface area contributed by atoms with Crippen LogP contribution in [-0.2, 0) is 6.61 Å². The Bertz CT molecular complexity index is 1210. The fraction of sp³-hybridized carbons (Fsp3) is 0.231. The van der Waals surface area contributed by atoms with E-state index in [1.54, 1.807) is 19.2 Å². The van der Waals surface area contributed by atoms with Crippen molar-refractivity contribution in [3.8, 4) is 11.5 Å². The molecule has 1 aliphatic heterocycles. The number of nitro groups is 1. The summed E-state index contributed by atoms with van der Waals surface area (Å²) in [5.41, 5.74) is 4.18. The predicted molar refractivity (Wildman–Crippen MR) is 128 cm³/mol. The lowest BCUT2D eigenvalue weighted by Crippen LogP contribution is -2.29. The number of nitro benzene ring substituents is 1. The number of nitrogens with one attached hydrogen (secondary N) is 1. The average molecular weight is 463 g/mol. The standard InChI is InChI=1S/C26H23ClN2O4/c1-32-23-14-13-22(27)24-20-3-2-4-21(20)25(28-26(23)24)17-7-11-19(12-8-17)33-15-16-5-9-18(10-6-16)29(30)31/h2-3,5-14,20-21,25,28H,4,15H2,1H3/t20-,21+,25+/m1/s1. The highest BCUT2D eigenvalue weighted by Gasteiger charge is 2.40. The molecule has 0 spiro atoms. The van der Waals surface area contributed by atoms with Crippen LogP contribution in [0, 0.1) is 16.0 Å². The maximum absolute atomic E-state index is 10.8. The molecule has 0 saturated heterocycles. The number of rotatable bonds is 6. The van der Waals surface area contributed by atoms with Crippen molar-refractivity contribution in [2.75, 3.05) is 12.4 Å². The van der Waals surface area contributed by atoms with Gasteiger partial charge in [0.25, 0.3) is 5.69 Å². The second kappa shape index (κ2) is 8.79. The number of non-ortho nitro benzene ring substituents is 1. The molecule has 168 valence electrons. The minimum atomic E-state index is -0.408. The summed E-state index contributed by atoms with van der Waals surface area (Å²) in [5, 5.41) is 15.2. The average Bonchev–Trinajstić information content (AvgIpc) is 3.33. The van der Waals surface area contributed by atoms with E-state index in [1.165, 1.54) is 17.7 Å². The van der Waals surface area contributed by atoms with E-state index in [1.807, 2.05) is 24.3 Å². The summed E-state index contributed by atoms with van der Waals surface area (Å²) in [5.74, 6) is 2.15. The van der Waals surface area contributed by atoms with Crippen molar-refractivity contribution < 1.29 is 14.4 Å². The Balaban J connectivity index is 1.34. The van der Waals surface area contributed by atoms with Crippen molar-refractivity contribution in [3.63, 3.8) is 0 Å². The highest BCUT2D eigenvalue weighted by Crippen LogP contribution is 2.54. The smallest absolute Gasteiger partial charge is 0.269 e. The van der Waals surface area contributed by atoms with E-state index in [-0.39, 0.29) is 17.6 Å². The zero-order chi connectivity index (χ0) is 22.9. The molecule has 33 heavy (non-hydrogen) atoms. The first-order valence-corrected chi connectivity index (χ1v) is 11.2. The van der Waals surface area contributed by atoms with E-state index in [0.29, 0.717) is 12.5 Å². The molecule has 0 aromatic heterocycles. The van der Waals surface area contributed by atoms with Crippen molar-refractivity contribution in [1.82, 2.24) is 0 Å². The quantitative estimate of drug-likeness (QED) is 0.252. The summed E-state index contributed by atoms with van der Waals surface area (Å²) in [6, 6.07) is 18.4. The molecule has 0 saturated carbocycles. The van der Waals surface area contributed by atoms with Crippen LogP contribution in [0.1, 0.15) is 35.1 Å². The minimum absolute atomic E-state index is 0.0716. The number of halogens is 1. The van der Waals surface area contributed by atoms with E-state index in [9.17, 15) is 10.1 Å². The van der Waals surface area contributed by atoms with Gasteiger partial charge in [-0.3, -0.25) is 10.1 Å². The molecule has 0 radical (unpaired) electrons. The number of allylic oxidation sites excluding steroid dienone is 2. The lowest BCUT2D eigenvalue weighted by molar-refractivity contribution is -0.384. The highest BCUT2D eigenvalue weighted by atomic mass is 35.5. The van der Waals surface area contributed by atoms with Crippen LogP contribution in [0.15, 0.2) is 72.8 Å². The lowest BCUT2D eigenvalue weighted by atomic mass is 9.77. The molecule has 0 unspecified atom stereocenters. The molecular formula is C26H23ClN2O4. The molecule has 3 atom stereocenters. The molecule has 6 nitrogen and oxygen atoms in total. The first kappa shape index (κ1) is 21.3. The van der Waals surface area contributed by atoms with Gasteiger partial charge in [0.2, 0.25) is 0 Å². The van der Waals surface area contributed by atoms with E-state index < -0.39 is 4.92 Å². The number of benzene rings is 3. The summed E-state index contributed by atoms with van der Waals surface area (Å²) >= 11 is 6.58. The SMILES string of the molecule is COc1ccc(Cl)c2c1N[C@@H](c1ccc(OCc3ccc([N+](=O)[O-])cc3)cc1)[C@H]1CC=C[C@@H]21. The van der Waals surface area contributed by atoms with Gasteiger partial charge in [-0.15, -0.1) is 0 Å². The number of fused-ring (bicyclic) bond motifs is 3. The zero-order valence-corrected chi connectivity index (χ0v) is 18.8. The Morgan fingerprint density at radius 1 is 1.09 bits per heavy atom. The molecule has 7 heteroatoms. The fourth-order valence-electron chi connectivity index (χ4n) is 4.79. The van der Waals surface area contributed by atoms with E-state index in [0.717, 1.165) is 39.8 Å². The Morgan fingerprint density at radius 2 is 1.85 bits per heavy atom. The molecule has 2 aliphatic rings. The first-order valence-electron chi connectivity index (χ1n) is 10.8. The van der Waals surface area contributed by atoms with E-state index in [4.69, 9.17) is 21.1 Å². The third-order valence-corrected chi connectivity index (χ3v) is 6.77. The number of ether oxygens (including phenoxy) is 2. The Labute approximate surface area is 196 Å². The largest absolute Gasteiger partial charge is 0.495 e. The van der Waals surface area contributed by atoms with Gasteiger partial charge in [-0.05, 0) is 59.9 Å². The van der Waals surface area contributed by atoms with Crippen LogP contribution in [-0.4, -0.2) is 12.0 Å². The normalized spacial score (nSPS) is 20.5.